The molecular formula is C14H29N3O2. The Kier molecular flexibility index (Phi) is 7.05. The van der Waals surface area contributed by atoms with Gasteiger partial charge in [-0.15, -0.1) is 0 Å². The van der Waals surface area contributed by atoms with Crippen LogP contribution in [0.1, 0.15) is 53.4 Å². The third-order valence-electron chi connectivity index (χ3n) is 3.69. The van der Waals surface area contributed by atoms with Crippen molar-refractivity contribution in [3.63, 3.8) is 0 Å². The normalized spacial score (nSPS) is 12.3. The van der Waals surface area contributed by atoms with Gasteiger partial charge in [0.1, 0.15) is 0 Å². The highest BCUT2D eigenvalue weighted by Gasteiger charge is 2.36. The standard InChI is InChI=1S/C14H29N3O2/c1-5-7-14(9-15,8-6-2)12(19)17-10-13(3,4)11(16)18/h5-10,15H2,1-4H3,(H2,16,18)(H,17,19). The molecule has 0 aliphatic rings. The summed E-state index contributed by atoms with van der Waals surface area (Å²) < 4.78 is 0. The summed E-state index contributed by atoms with van der Waals surface area (Å²) >= 11 is 0. The summed E-state index contributed by atoms with van der Waals surface area (Å²) in [6.45, 7) is 8.11. The van der Waals surface area contributed by atoms with E-state index in [4.69, 9.17) is 11.5 Å². The third kappa shape index (κ3) is 4.82. The summed E-state index contributed by atoms with van der Waals surface area (Å²) in [6.07, 6.45) is 3.34. The second kappa shape index (κ2) is 7.48. The van der Waals surface area contributed by atoms with Crippen LogP contribution in [0.4, 0.5) is 0 Å². The monoisotopic (exact) mass is 271 g/mol. The van der Waals surface area contributed by atoms with Crippen LogP contribution in [-0.4, -0.2) is 24.9 Å². The zero-order chi connectivity index (χ0) is 15.1. The lowest BCUT2D eigenvalue weighted by molar-refractivity contribution is -0.133. The number of primary amides is 1. The molecule has 0 aromatic rings. The maximum absolute atomic E-state index is 12.4. The summed E-state index contributed by atoms with van der Waals surface area (Å²) in [5, 5.41) is 2.85. The first-order valence-corrected chi connectivity index (χ1v) is 7.04. The molecule has 5 N–H and O–H groups in total. The highest BCUT2D eigenvalue weighted by atomic mass is 16.2. The molecule has 0 spiro atoms. The van der Waals surface area contributed by atoms with Crippen LogP contribution in [0.5, 0.6) is 0 Å². The lowest BCUT2D eigenvalue weighted by Crippen LogP contribution is -2.50. The van der Waals surface area contributed by atoms with Gasteiger partial charge in [0.2, 0.25) is 11.8 Å². The molecule has 0 radical (unpaired) electrons. The van der Waals surface area contributed by atoms with Crippen LogP contribution in [0.3, 0.4) is 0 Å². The molecular weight excluding hydrogens is 242 g/mol. The largest absolute Gasteiger partial charge is 0.369 e. The van der Waals surface area contributed by atoms with E-state index in [2.05, 4.69) is 5.32 Å². The molecule has 0 atom stereocenters. The number of amides is 2. The van der Waals surface area contributed by atoms with Crippen molar-refractivity contribution in [2.45, 2.75) is 53.4 Å². The van der Waals surface area contributed by atoms with Crippen molar-refractivity contribution in [2.75, 3.05) is 13.1 Å². The first-order valence-electron chi connectivity index (χ1n) is 7.04. The van der Waals surface area contributed by atoms with Crippen LogP contribution in [-0.2, 0) is 9.59 Å². The van der Waals surface area contributed by atoms with Crippen molar-refractivity contribution in [3.05, 3.63) is 0 Å². The minimum Gasteiger partial charge on any atom is -0.369 e. The Balaban J connectivity index is 4.78. The lowest BCUT2D eigenvalue weighted by atomic mass is 9.78. The van der Waals surface area contributed by atoms with E-state index in [0.29, 0.717) is 6.54 Å². The molecule has 5 nitrogen and oxygen atoms in total. The molecule has 0 rings (SSSR count). The van der Waals surface area contributed by atoms with Crippen molar-refractivity contribution < 1.29 is 9.59 Å². The average Bonchev–Trinajstić information content (AvgIpc) is 2.35. The smallest absolute Gasteiger partial charge is 0.227 e. The molecule has 0 aliphatic heterocycles. The predicted molar refractivity (Wildman–Crippen MR) is 77.3 cm³/mol. The van der Waals surface area contributed by atoms with Gasteiger partial charge in [-0.2, -0.15) is 0 Å². The van der Waals surface area contributed by atoms with Crippen LogP contribution in [0.15, 0.2) is 0 Å². The molecule has 0 aliphatic carbocycles. The SMILES string of the molecule is CCCC(CN)(CCC)C(=O)NCC(C)(C)C(N)=O. The number of nitrogens with one attached hydrogen (secondary N) is 1. The van der Waals surface area contributed by atoms with Crippen molar-refractivity contribution >= 4 is 11.8 Å². The molecule has 0 bridgehead atoms. The van der Waals surface area contributed by atoms with E-state index in [0.717, 1.165) is 25.7 Å². The zero-order valence-electron chi connectivity index (χ0n) is 12.7. The Morgan fingerprint density at radius 3 is 1.89 bits per heavy atom. The molecule has 0 saturated carbocycles. The van der Waals surface area contributed by atoms with E-state index < -0.39 is 16.7 Å². The average molecular weight is 271 g/mol. The van der Waals surface area contributed by atoms with Gasteiger partial charge in [-0.05, 0) is 26.7 Å². The van der Waals surface area contributed by atoms with Gasteiger partial charge < -0.3 is 16.8 Å². The van der Waals surface area contributed by atoms with Crippen molar-refractivity contribution in [1.29, 1.82) is 0 Å². The van der Waals surface area contributed by atoms with Gasteiger partial charge >= 0.3 is 0 Å². The van der Waals surface area contributed by atoms with E-state index in [9.17, 15) is 9.59 Å². The predicted octanol–water partition coefficient (Wildman–Crippen LogP) is 1.16. The van der Waals surface area contributed by atoms with Gasteiger partial charge in [0, 0.05) is 13.1 Å². The van der Waals surface area contributed by atoms with Gasteiger partial charge in [-0.25, -0.2) is 0 Å². The molecule has 0 saturated heterocycles. The van der Waals surface area contributed by atoms with Crippen LogP contribution in [0.2, 0.25) is 0 Å². The van der Waals surface area contributed by atoms with E-state index in [1.54, 1.807) is 13.8 Å². The number of carbonyl (C=O) groups excluding carboxylic acids is 2. The van der Waals surface area contributed by atoms with Crippen molar-refractivity contribution in [1.82, 2.24) is 5.32 Å². The lowest BCUT2D eigenvalue weighted by Gasteiger charge is -2.32. The molecule has 5 heteroatoms. The maximum Gasteiger partial charge on any atom is 0.227 e. The van der Waals surface area contributed by atoms with Crippen molar-refractivity contribution in [2.24, 2.45) is 22.3 Å². The Morgan fingerprint density at radius 1 is 1.11 bits per heavy atom. The van der Waals surface area contributed by atoms with Crippen LogP contribution in [0.25, 0.3) is 0 Å². The van der Waals surface area contributed by atoms with Gasteiger partial charge in [0.15, 0.2) is 0 Å². The molecule has 2 amide bonds. The van der Waals surface area contributed by atoms with Gasteiger partial charge in [0.05, 0.1) is 10.8 Å². The second-order valence-corrected chi connectivity index (χ2v) is 5.92. The Labute approximate surface area is 116 Å². The zero-order valence-corrected chi connectivity index (χ0v) is 12.7. The Hall–Kier alpha value is -1.10. The third-order valence-corrected chi connectivity index (χ3v) is 3.69. The fourth-order valence-corrected chi connectivity index (χ4v) is 2.18. The van der Waals surface area contributed by atoms with E-state index in [-0.39, 0.29) is 12.5 Å². The number of nitrogens with two attached hydrogens (primary N) is 2. The van der Waals surface area contributed by atoms with E-state index >= 15 is 0 Å². The summed E-state index contributed by atoms with van der Waals surface area (Å²) in [5.41, 5.74) is 9.87. The first-order chi connectivity index (χ1) is 8.75. The molecule has 0 heterocycles. The van der Waals surface area contributed by atoms with E-state index in [1.807, 2.05) is 13.8 Å². The molecule has 0 aromatic heterocycles. The first kappa shape index (κ1) is 17.9. The number of hydrogen-bond acceptors (Lipinski definition) is 3. The molecule has 19 heavy (non-hydrogen) atoms. The summed E-state index contributed by atoms with van der Waals surface area (Å²) in [6, 6.07) is 0. The number of hydrogen-bond donors (Lipinski definition) is 3. The minimum absolute atomic E-state index is 0.0620. The molecule has 0 fully saturated rings. The fraction of sp³-hybridized carbons (Fsp3) is 0.857. The minimum atomic E-state index is -0.742. The molecule has 112 valence electrons. The quantitative estimate of drug-likeness (QED) is 0.587. The van der Waals surface area contributed by atoms with Crippen LogP contribution < -0.4 is 16.8 Å². The molecule has 0 aromatic carbocycles. The number of rotatable bonds is 9. The highest BCUT2D eigenvalue weighted by molar-refractivity contribution is 5.85. The van der Waals surface area contributed by atoms with Gasteiger partial charge in [0.25, 0.3) is 0 Å². The second-order valence-electron chi connectivity index (χ2n) is 5.92. The number of carbonyl (C=O) groups is 2. The van der Waals surface area contributed by atoms with Crippen LogP contribution >= 0.6 is 0 Å². The Morgan fingerprint density at radius 2 is 1.58 bits per heavy atom. The Bertz CT molecular complexity index is 308. The van der Waals surface area contributed by atoms with Crippen LogP contribution in [0, 0.1) is 10.8 Å². The van der Waals surface area contributed by atoms with Crippen molar-refractivity contribution in [3.8, 4) is 0 Å². The van der Waals surface area contributed by atoms with Gasteiger partial charge in [-0.3, -0.25) is 9.59 Å². The fourth-order valence-electron chi connectivity index (χ4n) is 2.18. The topological polar surface area (TPSA) is 98.2 Å². The summed E-state index contributed by atoms with van der Waals surface area (Å²) in [7, 11) is 0. The van der Waals surface area contributed by atoms with Gasteiger partial charge in [-0.1, -0.05) is 26.7 Å². The van der Waals surface area contributed by atoms with E-state index in [1.165, 1.54) is 0 Å². The summed E-state index contributed by atoms with van der Waals surface area (Å²) in [5.74, 6) is -0.481. The molecule has 0 unspecified atom stereocenters. The summed E-state index contributed by atoms with van der Waals surface area (Å²) in [4.78, 5) is 23.7. The highest BCUT2D eigenvalue weighted by Crippen LogP contribution is 2.29. The maximum atomic E-state index is 12.4.